The highest BCUT2D eigenvalue weighted by molar-refractivity contribution is 5.95. The van der Waals surface area contributed by atoms with Crippen molar-refractivity contribution < 1.29 is 14.3 Å². The van der Waals surface area contributed by atoms with E-state index in [0.29, 0.717) is 42.7 Å². The summed E-state index contributed by atoms with van der Waals surface area (Å²) in [7, 11) is 1.56. The number of hydrogen-bond donors (Lipinski definition) is 1. The van der Waals surface area contributed by atoms with Gasteiger partial charge in [0.25, 0.3) is 5.91 Å². The number of nitrogens with zero attached hydrogens (tertiary/aromatic N) is 1. The van der Waals surface area contributed by atoms with E-state index < -0.39 is 0 Å². The minimum Gasteiger partial charge on any atom is -0.493 e. The summed E-state index contributed by atoms with van der Waals surface area (Å²) in [5, 5.41) is 0. The molecule has 6 heteroatoms. The lowest BCUT2D eigenvalue weighted by Crippen LogP contribution is -2.34. The Morgan fingerprint density at radius 1 is 1.48 bits per heavy atom. The lowest BCUT2D eigenvalue weighted by Gasteiger charge is -2.22. The monoisotopic (exact) mass is 340 g/mol. The molecule has 1 aliphatic heterocycles. The van der Waals surface area contributed by atoms with Gasteiger partial charge in [0.2, 0.25) is 0 Å². The molecule has 1 fully saturated rings. The number of nitrogens with two attached hydrogens (primary N) is 1. The molecule has 0 aliphatic carbocycles. The highest BCUT2D eigenvalue weighted by Gasteiger charge is 2.32. The normalized spacial score (nSPS) is 19.9. The van der Waals surface area contributed by atoms with Crippen LogP contribution in [0.5, 0.6) is 11.5 Å². The molecule has 2 atom stereocenters. The number of hydrogen-bond acceptors (Lipinski definition) is 4. The number of carbonyl (C=O) groups is 1. The number of likely N-dealkylation sites (tertiary alicyclic amines) is 1. The van der Waals surface area contributed by atoms with Gasteiger partial charge in [0, 0.05) is 18.2 Å². The Morgan fingerprint density at radius 2 is 2.22 bits per heavy atom. The summed E-state index contributed by atoms with van der Waals surface area (Å²) in [6.07, 6.45) is 2.62. The van der Waals surface area contributed by atoms with E-state index in [1.807, 2.05) is 4.90 Å². The first-order chi connectivity index (χ1) is 10.6. The first-order valence-electron chi connectivity index (χ1n) is 7.53. The Labute approximate surface area is 143 Å². The molecule has 0 bridgehead atoms. The van der Waals surface area contributed by atoms with Crippen LogP contribution >= 0.6 is 12.4 Å². The molecule has 128 valence electrons. The van der Waals surface area contributed by atoms with Crippen LogP contribution in [0.4, 0.5) is 0 Å². The molecule has 23 heavy (non-hydrogen) atoms. The summed E-state index contributed by atoms with van der Waals surface area (Å²) >= 11 is 0. The Kier molecular flexibility index (Phi) is 7.39. The summed E-state index contributed by atoms with van der Waals surface area (Å²) in [6, 6.07) is 5.47. The van der Waals surface area contributed by atoms with Crippen LogP contribution in [0.25, 0.3) is 0 Å². The molecule has 0 spiro atoms. The number of benzene rings is 1. The lowest BCUT2D eigenvalue weighted by molar-refractivity contribution is 0.0743. The predicted molar refractivity (Wildman–Crippen MR) is 93.6 cm³/mol. The zero-order valence-corrected chi connectivity index (χ0v) is 14.5. The van der Waals surface area contributed by atoms with Gasteiger partial charge in [0.05, 0.1) is 7.11 Å². The van der Waals surface area contributed by atoms with Crippen molar-refractivity contribution in [2.24, 2.45) is 11.7 Å². The van der Waals surface area contributed by atoms with Crippen molar-refractivity contribution in [3.8, 4) is 11.5 Å². The highest BCUT2D eigenvalue weighted by Crippen LogP contribution is 2.30. The standard InChI is InChI=1S/C17H24N2O3.ClH/c1-4-7-22-15-6-5-14(9-16(15)21-3)17(20)19-11-13(10-18)8-12(19)2;/h4-6,9,12-13H,1,7-8,10-11,18H2,2-3H3;1H. The maximum absolute atomic E-state index is 12.7. The molecule has 0 radical (unpaired) electrons. The zero-order chi connectivity index (χ0) is 16.1. The van der Waals surface area contributed by atoms with Gasteiger partial charge in [-0.25, -0.2) is 0 Å². The summed E-state index contributed by atoms with van der Waals surface area (Å²) in [6.45, 7) is 7.40. The van der Waals surface area contributed by atoms with E-state index in [4.69, 9.17) is 15.2 Å². The maximum atomic E-state index is 12.7. The maximum Gasteiger partial charge on any atom is 0.254 e. The Morgan fingerprint density at radius 3 is 2.78 bits per heavy atom. The van der Waals surface area contributed by atoms with Crippen molar-refractivity contribution >= 4 is 18.3 Å². The van der Waals surface area contributed by atoms with Gasteiger partial charge in [-0.15, -0.1) is 12.4 Å². The number of halogens is 1. The summed E-state index contributed by atoms with van der Waals surface area (Å²) < 4.78 is 10.8. The third-order valence-electron chi connectivity index (χ3n) is 4.02. The second-order valence-electron chi connectivity index (χ2n) is 5.61. The molecular weight excluding hydrogens is 316 g/mol. The van der Waals surface area contributed by atoms with Gasteiger partial charge in [-0.3, -0.25) is 4.79 Å². The van der Waals surface area contributed by atoms with Gasteiger partial charge in [-0.2, -0.15) is 0 Å². The van der Waals surface area contributed by atoms with Gasteiger partial charge in [0.15, 0.2) is 11.5 Å². The van der Waals surface area contributed by atoms with Crippen LogP contribution in [-0.4, -0.2) is 43.7 Å². The molecule has 2 unspecified atom stereocenters. The number of rotatable bonds is 6. The van der Waals surface area contributed by atoms with Crippen molar-refractivity contribution in [3.63, 3.8) is 0 Å². The summed E-state index contributed by atoms with van der Waals surface area (Å²) in [5.74, 6) is 1.55. The van der Waals surface area contributed by atoms with E-state index in [2.05, 4.69) is 13.5 Å². The first-order valence-corrected chi connectivity index (χ1v) is 7.53. The van der Waals surface area contributed by atoms with Crippen LogP contribution in [0.15, 0.2) is 30.9 Å². The Hall–Kier alpha value is -1.72. The number of ether oxygens (including phenoxy) is 2. The second-order valence-corrected chi connectivity index (χ2v) is 5.61. The Balaban J connectivity index is 0.00000264. The first kappa shape index (κ1) is 19.3. The minimum atomic E-state index is 0. The van der Waals surface area contributed by atoms with Crippen molar-refractivity contribution in [2.75, 3.05) is 26.8 Å². The molecule has 1 aromatic carbocycles. The van der Waals surface area contributed by atoms with E-state index in [-0.39, 0.29) is 24.4 Å². The molecule has 0 saturated carbocycles. The molecule has 5 nitrogen and oxygen atoms in total. The van der Waals surface area contributed by atoms with E-state index >= 15 is 0 Å². The van der Waals surface area contributed by atoms with Gasteiger partial charge in [-0.05, 0) is 44.0 Å². The lowest BCUT2D eigenvalue weighted by atomic mass is 10.1. The zero-order valence-electron chi connectivity index (χ0n) is 13.7. The number of amides is 1. The van der Waals surface area contributed by atoms with Crippen molar-refractivity contribution in [2.45, 2.75) is 19.4 Å². The second kappa shape index (κ2) is 8.79. The largest absolute Gasteiger partial charge is 0.493 e. The average Bonchev–Trinajstić information content (AvgIpc) is 2.93. The van der Waals surface area contributed by atoms with Crippen LogP contribution in [0.1, 0.15) is 23.7 Å². The molecular formula is C17H25ClN2O3. The summed E-state index contributed by atoms with van der Waals surface area (Å²) in [4.78, 5) is 14.6. The van der Waals surface area contributed by atoms with Crippen LogP contribution in [0.3, 0.4) is 0 Å². The van der Waals surface area contributed by atoms with Crippen molar-refractivity contribution in [1.29, 1.82) is 0 Å². The highest BCUT2D eigenvalue weighted by atomic mass is 35.5. The fourth-order valence-corrected chi connectivity index (χ4v) is 2.83. The molecule has 1 saturated heterocycles. The van der Waals surface area contributed by atoms with Crippen LogP contribution in [-0.2, 0) is 0 Å². The van der Waals surface area contributed by atoms with Gasteiger partial charge in [0.1, 0.15) is 6.61 Å². The third kappa shape index (κ3) is 4.39. The van der Waals surface area contributed by atoms with Crippen LogP contribution in [0, 0.1) is 5.92 Å². The number of methoxy groups -OCH3 is 1. The topological polar surface area (TPSA) is 64.8 Å². The smallest absolute Gasteiger partial charge is 0.254 e. The number of carbonyl (C=O) groups excluding carboxylic acids is 1. The van der Waals surface area contributed by atoms with E-state index in [1.54, 1.807) is 31.4 Å². The fourth-order valence-electron chi connectivity index (χ4n) is 2.83. The van der Waals surface area contributed by atoms with E-state index in [0.717, 1.165) is 6.42 Å². The third-order valence-corrected chi connectivity index (χ3v) is 4.02. The fraction of sp³-hybridized carbons (Fsp3) is 0.471. The van der Waals surface area contributed by atoms with Gasteiger partial charge < -0.3 is 20.1 Å². The van der Waals surface area contributed by atoms with Crippen molar-refractivity contribution in [1.82, 2.24) is 4.90 Å². The molecule has 1 heterocycles. The van der Waals surface area contributed by atoms with Crippen LogP contribution < -0.4 is 15.2 Å². The molecule has 0 aromatic heterocycles. The molecule has 1 aromatic rings. The van der Waals surface area contributed by atoms with E-state index in [1.165, 1.54) is 0 Å². The minimum absolute atomic E-state index is 0. The SMILES string of the molecule is C=CCOc1ccc(C(=O)N2CC(CN)CC2C)cc1OC.Cl. The van der Waals surface area contributed by atoms with E-state index in [9.17, 15) is 4.79 Å². The predicted octanol–water partition coefficient (Wildman–Crippen LogP) is 2.49. The van der Waals surface area contributed by atoms with Crippen molar-refractivity contribution in [3.05, 3.63) is 36.4 Å². The molecule has 1 aliphatic rings. The van der Waals surface area contributed by atoms with Gasteiger partial charge in [-0.1, -0.05) is 12.7 Å². The molecule has 1 amide bonds. The summed E-state index contributed by atoms with van der Waals surface area (Å²) in [5.41, 5.74) is 6.33. The van der Waals surface area contributed by atoms with Gasteiger partial charge >= 0.3 is 0 Å². The molecule has 2 rings (SSSR count). The quantitative estimate of drug-likeness (QED) is 0.808. The Bertz CT molecular complexity index is 551. The average molecular weight is 341 g/mol. The van der Waals surface area contributed by atoms with Crippen LogP contribution in [0.2, 0.25) is 0 Å². The molecule has 2 N–H and O–H groups in total.